The van der Waals surface area contributed by atoms with E-state index in [1.54, 1.807) is 6.92 Å². The minimum absolute atomic E-state index is 0.108. The van der Waals surface area contributed by atoms with E-state index >= 15 is 0 Å². The third-order valence-electron chi connectivity index (χ3n) is 4.49. The van der Waals surface area contributed by atoms with E-state index in [9.17, 15) is 23.5 Å². The summed E-state index contributed by atoms with van der Waals surface area (Å²) >= 11 is 0. The van der Waals surface area contributed by atoms with E-state index in [0.717, 1.165) is 17.7 Å². The molecule has 3 atom stereocenters. The minimum Gasteiger partial charge on any atom is -0.465 e. The van der Waals surface area contributed by atoms with Gasteiger partial charge in [0.2, 0.25) is 5.91 Å². The lowest BCUT2D eigenvalue weighted by Gasteiger charge is -2.25. The molecule has 0 fully saturated rings. The molecule has 30 heavy (non-hydrogen) atoms. The normalized spacial score (nSPS) is 13.9. The van der Waals surface area contributed by atoms with E-state index in [4.69, 9.17) is 5.11 Å². The quantitative estimate of drug-likeness (QED) is 0.402. The minimum atomic E-state index is -1.38. The molecule has 2 aromatic rings. The number of carbonyl (C=O) groups is 2. The van der Waals surface area contributed by atoms with Crippen molar-refractivity contribution in [3.05, 3.63) is 71.3 Å². The summed E-state index contributed by atoms with van der Waals surface area (Å²) in [6, 6.07) is 10.5. The zero-order chi connectivity index (χ0) is 22.1. The Hall–Kier alpha value is -3.04. The Morgan fingerprint density at radius 3 is 2.27 bits per heavy atom. The predicted molar refractivity (Wildman–Crippen MR) is 107 cm³/mol. The van der Waals surface area contributed by atoms with Crippen LogP contribution in [0.4, 0.5) is 13.6 Å². The number of nitrogens with one attached hydrogen (secondary N) is 3. The molecule has 0 aliphatic heterocycles. The lowest BCUT2D eigenvalue weighted by molar-refractivity contribution is -0.123. The van der Waals surface area contributed by atoms with Gasteiger partial charge in [-0.1, -0.05) is 30.3 Å². The fourth-order valence-corrected chi connectivity index (χ4v) is 2.90. The number of rotatable bonds is 10. The van der Waals surface area contributed by atoms with Gasteiger partial charge in [-0.25, -0.2) is 13.6 Å². The summed E-state index contributed by atoms with van der Waals surface area (Å²) in [5.41, 5.74) is 1.13. The highest BCUT2D eigenvalue weighted by molar-refractivity contribution is 5.81. The van der Waals surface area contributed by atoms with Crippen molar-refractivity contribution in [2.45, 2.75) is 38.1 Å². The summed E-state index contributed by atoms with van der Waals surface area (Å²) in [7, 11) is 0. The number of carboxylic acid groups (broad SMARTS) is 1. The Labute approximate surface area is 173 Å². The van der Waals surface area contributed by atoms with Crippen molar-refractivity contribution in [3.8, 4) is 0 Å². The van der Waals surface area contributed by atoms with Crippen LogP contribution in [0.2, 0.25) is 0 Å². The van der Waals surface area contributed by atoms with Crippen molar-refractivity contribution in [1.82, 2.24) is 16.0 Å². The molecule has 1 unspecified atom stereocenters. The molecule has 0 saturated carbocycles. The molecule has 0 aromatic heterocycles. The third kappa shape index (κ3) is 7.76. The first-order valence-corrected chi connectivity index (χ1v) is 9.42. The second-order valence-corrected chi connectivity index (χ2v) is 6.94. The van der Waals surface area contributed by atoms with E-state index in [1.165, 1.54) is 0 Å². The second kappa shape index (κ2) is 11.2. The summed E-state index contributed by atoms with van der Waals surface area (Å²) in [4.78, 5) is 23.2. The summed E-state index contributed by atoms with van der Waals surface area (Å²) < 4.78 is 26.8. The SMILES string of the molecule is CC(NC[C@H](O)[C@H](Cc1cc(F)cc(F)c1)NC(=O)O)C(=O)NCc1ccccc1. The Kier molecular flexibility index (Phi) is 8.70. The Balaban J connectivity index is 1.89. The predicted octanol–water partition coefficient (Wildman–Crippen LogP) is 1.80. The van der Waals surface area contributed by atoms with Crippen LogP contribution in [-0.2, 0) is 17.8 Å². The second-order valence-electron chi connectivity index (χ2n) is 6.94. The molecule has 162 valence electrons. The third-order valence-corrected chi connectivity index (χ3v) is 4.49. The molecule has 2 amide bonds. The Morgan fingerprint density at radius 2 is 1.67 bits per heavy atom. The van der Waals surface area contributed by atoms with Crippen molar-refractivity contribution in [2.75, 3.05) is 6.54 Å². The van der Waals surface area contributed by atoms with E-state index in [1.807, 2.05) is 30.3 Å². The molecular formula is C21H25F2N3O4. The van der Waals surface area contributed by atoms with Crippen LogP contribution in [0.25, 0.3) is 0 Å². The molecule has 2 aromatic carbocycles. The number of amides is 2. The summed E-state index contributed by atoms with van der Waals surface area (Å²) in [5, 5.41) is 27.1. The van der Waals surface area contributed by atoms with Gasteiger partial charge in [-0.3, -0.25) is 4.79 Å². The van der Waals surface area contributed by atoms with Crippen LogP contribution in [0.1, 0.15) is 18.1 Å². The maximum Gasteiger partial charge on any atom is 0.404 e. The topological polar surface area (TPSA) is 111 Å². The van der Waals surface area contributed by atoms with E-state index in [-0.39, 0.29) is 24.4 Å². The van der Waals surface area contributed by atoms with Crippen LogP contribution < -0.4 is 16.0 Å². The Morgan fingerprint density at radius 1 is 1.03 bits per heavy atom. The van der Waals surface area contributed by atoms with Gasteiger partial charge in [-0.2, -0.15) is 0 Å². The van der Waals surface area contributed by atoms with Crippen molar-refractivity contribution in [1.29, 1.82) is 0 Å². The molecule has 5 N–H and O–H groups in total. The maximum atomic E-state index is 13.4. The first-order chi connectivity index (χ1) is 14.2. The zero-order valence-electron chi connectivity index (χ0n) is 16.4. The van der Waals surface area contributed by atoms with Gasteiger partial charge in [0.15, 0.2) is 0 Å². The lowest BCUT2D eigenvalue weighted by Crippen LogP contribution is -2.51. The standard InChI is InChI=1S/C21H25F2N3O4/c1-13(20(28)25-11-14-5-3-2-4-6-14)24-12-19(27)18(26-21(29)30)9-15-7-16(22)10-17(23)8-15/h2-8,10,13,18-19,24,26-27H,9,11-12H2,1H3,(H,25,28)(H,29,30)/t13?,18-,19-/m0/s1. The highest BCUT2D eigenvalue weighted by Crippen LogP contribution is 2.12. The van der Waals surface area contributed by atoms with Crippen molar-refractivity contribution in [2.24, 2.45) is 0 Å². The van der Waals surface area contributed by atoms with Gasteiger partial charge in [-0.15, -0.1) is 0 Å². The van der Waals surface area contributed by atoms with E-state index < -0.39 is 35.9 Å². The first-order valence-electron chi connectivity index (χ1n) is 9.42. The smallest absolute Gasteiger partial charge is 0.404 e. The van der Waals surface area contributed by atoms with Crippen molar-refractivity contribution < 1.29 is 28.6 Å². The van der Waals surface area contributed by atoms with E-state index in [0.29, 0.717) is 12.6 Å². The molecule has 0 aliphatic carbocycles. The maximum absolute atomic E-state index is 13.4. The molecule has 0 heterocycles. The number of hydrogen-bond acceptors (Lipinski definition) is 4. The van der Waals surface area contributed by atoms with Gasteiger partial charge < -0.3 is 26.2 Å². The molecule has 0 saturated heterocycles. The highest BCUT2D eigenvalue weighted by atomic mass is 19.1. The summed E-state index contributed by atoms with van der Waals surface area (Å²) in [5.74, 6) is -1.88. The van der Waals surface area contributed by atoms with Crippen LogP contribution in [0.5, 0.6) is 0 Å². The monoisotopic (exact) mass is 421 g/mol. The highest BCUT2D eigenvalue weighted by Gasteiger charge is 2.23. The fraction of sp³-hybridized carbons (Fsp3) is 0.333. The van der Waals surface area contributed by atoms with Gasteiger partial charge in [0.1, 0.15) is 11.6 Å². The number of carbonyl (C=O) groups excluding carboxylic acids is 1. The average Bonchev–Trinajstić information content (AvgIpc) is 2.69. The van der Waals surface area contributed by atoms with Crippen LogP contribution >= 0.6 is 0 Å². The average molecular weight is 421 g/mol. The first kappa shape index (κ1) is 23.2. The van der Waals surface area contributed by atoms with Crippen molar-refractivity contribution >= 4 is 12.0 Å². The zero-order valence-corrected chi connectivity index (χ0v) is 16.4. The molecule has 2 rings (SSSR count). The van der Waals surface area contributed by atoms with Gasteiger partial charge in [0.25, 0.3) is 0 Å². The van der Waals surface area contributed by atoms with Crippen LogP contribution in [0.3, 0.4) is 0 Å². The van der Waals surface area contributed by atoms with Gasteiger partial charge in [0.05, 0.1) is 18.2 Å². The molecule has 7 nitrogen and oxygen atoms in total. The number of hydrogen-bond donors (Lipinski definition) is 5. The summed E-state index contributed by atoms with van der Waals surface area (Å²) in [6.45, 7) is 1.85. The molecule has 0 bridgehead atoms. The number of aliphatic hydroxyl groups is 1. The molecule has 0 spiro atoms. The molecule has 0 radical (unpaired) electrons. The fourth-order valence-electron chi connectivity index (χ4n) is 2.90. The van der Waals surface area contributed by atoms with Crippen LogP contribution in [-0.4, -0.2) is 46.9 Å². The largest absolute Gasteiger partial charge is 0.465 e. The molecular weight excluding hydrogens is 396 g/mol. The number of aliphatic hydroxyl groups excluding tert-OH is 1. The summed E-state index contributed by atoms with van der Waals surface area (Å²) in [6.07, 6.45) is -2.75. The molecule has 9 heteroatoms. The lowest BCUT2D eigenvalue weighted by atomic mass is 10.0. The van der Waals surface area contributed by atoms with Crippen LogP contribution in [0.15, 0.2) is 48.5 Å². The molecule has 0 aliphatic rings. The number of benzene rings is 2. The van der Waals surface area contributed by atoms with Gasteiger partial charge in [-0.05, 0) is 36.6 Å². The van der Waals surface area contributed by atoms with Gasteiger partial charge >= 0.3 is 6.09 Å². The van der Waals surface area contributed by atoms with Crippen molar-refractivity contribution in [3.63, 3.8) is 0 Å². The Bertz CT molecular complexity index is 831. The van der Waals surface area contributed by atoms with Gasteiger partial charge in [0, 0.05) is 19.2 Å². The number of halogens is 2. The van der Waals surface area contributed by atoms with Crippen LogP contribution in [0, 0.1) is 11.6 Å². The van der Waals surface area contributed by atoms with E-state index in [2.05, 4.69) is 16.0 Å².